The number of ketones is 1. The number of carbonyl (C=O) groups is 1. The highest BCUT2D eigenvalue weighted by Crippen LogP contribution is 2.27. The van der Waals surface area contributed by atoms with E-state index in [4.69, 9.17) is 4.74 Å². The molecule has 0 atom stereocenters. The summed E-state index contributed by atoms with van der Waals surface area (Å²) in [5, 5.41) is 1.03. The van der Waals surface area contributed by atoms with Crippen LogP contribution in [0.3, 0.4) is 0 Å². The predicted octanol–water partition coefficient (Wildman–Crippen LogP) is 4.12. The Morgan fingerprint density at radius 1 is 1.25 bits per heavy atom. The van der Waals surface area contributed by atoms with Crippen molar-refractivity contribution < 1.29 is 9.53 Å². The topological polar surface area (TPSA) is 45.3 Å². The minimum Gasteiger partial charge on any atom is -0.493 e. The molecule has 1 N–H and O–H groups in total. The van der Waals surface area contributed by atoms with Crippen molar-refractivity contribution in [2.24, 2.45) is 11.3 Å². The summed E-state index contributed by atoms with van der Waals surface area (Å²) in [6.45, 7) is 8.91. The van der Waals surface area contributed by atoms with Crippen LogP contribution in [0.25, 0.3) is 10.9 Å². The van der Waals surface area contributed by atoms with E-state index in [-0.39, 0.29) is 11.2 Å². The standard InChI is InChI=1S/C20H28N2O2/c1-20(2,3)19(23)18-12-15-11-16(5-6-17(15)21-18)24-13-14-7-9-22(4)10-8-14/h5-6,11-12,14,21H,7-10,13H2,1-4H3. The van der Waals surface area contributed by atoms with Crippen molar-refractivity contribution in [3.05, 3.63) is 30.0 Å². The van der Waals surface area contributed by atoms with E-state index in [1.165, 1.54) is 12.8 Å². The van der Waals surface area contributed by atoms with Crippen LogP contribution in [-0.2, 0) is 0 Å². The molecule has 4 nitrogen and oxygen atoms in total. The van der Waals surface area contributed by atoms with Gasteiger partial charge in [0.25, 0.3) is 0 Å². The van der Waals surface area contributed by atoms with Gasteiger partial charge in [-0.05, 0) is 63.2 Å². The predicted molar refractivity (Wildman–Crippen MR) is 97.8 cm³/mol. The van der Waals surface area contributed by atoms with Gasteiger partial charge in [-0.15, -0.1) is 0 Å². The van der Waals surface area contributed by atoms with E-state index in [2.05, 4.69) is 16.9 Å². The number of aromatic nitrogens is 1. The number of rotatable bonds is 4. The lowest BCUT2D eigenvalue weighted by molar-refractivity contribution is 0.0854. The molecule has 1 aliphatic heterocycles. The second-order valence-electron chi connectivity index (χ2n) is 8.07. The van der Waals surface area contributed by atoms with Crippen LogP contribution in [0.2, 0.25) is 0 Å². The van der Waals surface area contributed by atoms with Gasteiger partial charge < -0.3 is 14.6 Å². The van der Waals surface area contributed by atoms with Gasteiger partial charge >= 0.3 is 0 Å². The Morgan fingerprint density at radius 2 is 1.96 bits per heavy atom. The molecule has 1 aliphatic rings. The molecule has 0 unspecified atom stereocenters. The van der Waals surface area contributed by atoms with Crippen molar-refractivity contribution in [3.8, 4) is 5.75 Å². The first-order valence-corrected chi connectivity index (χ1v) is 8.82. The van der Waals surface area contributed by atoms with Gasteiger partial charge in [-0.3, -0.25) is 4.79 Å². The fraction of sp³-hybridized carbons (Fsp3) is 0.550. The van der Waals surface area contributed by atoms with Gasteiger partial charge in [0.15, 0.2) is 5.78 Å². The third-order valence-electron chi connectivity index (χ3n) is 4.84. The zero-order valence-corrected chi connectivity index (χ0v) is 15.2. The Balaban J connectivity index is 1.68. The molecule has 1 saturated heterocycles. The van der Waals surface area contributed by atoms with Crippen molar-refractivity contribution in [1.29, 1.82) is 0 Å². The lowest BCUT2D eigenvalue weighted by atomic mass is 9.89. The highest BCUT2D eigenvalue weighted by molar-refractivity contribution is 6.02. The average Bonchev–Trinajstić information content (AvgIpc) is 2.95. The molecular formula is C20H28N2O2. The van der Waals surface area contributed by atoms with Crippen LogP contribution >= 0.6 is 0 Å². The van der Waals surface area contributed by atoms with Crippen LogP contribution in [0.15, 0.2) is 24.3 Å². The normalized spacial score (nSPS) is 17.3. The molecule has 2 heterocycles. The van der Waals surface area contributed by atoms with Crippen LogP contribution in [-0.4, -0.2) is 42.4 Å². The largest absolute Gasteiger partial charge is 0.493 e. The van der Waals surface area contributed by atoms with E-state index in [0.717, 1.165) is 36.3 Å². The average molecular weight is 328 g/mol. The van der Waals surface area contributed by atoms with Gasteiger partial charge in [0.2, 0.25) is 0 Å². The number of benzene rings is 1. The first kappa shape index (κ1) is 17.0. The van der Waals surface area contributed by atoms with Crippen molar-refractivity contribution in [1.82, 2.24) is 9.88 Å². The van der Waals surface area contributed by atoms with E-state index in [1.54, 1.807) is 0 Å². The molecule has 3 rings (SSSR count). The molecule has 1 aromatic heterocycles. The summed E-state index contributed by atoms with van der Waals surface area (Å²) >= 11 is 0. The summed E-state index contributed by atoms with van der Waals surface area (Å²) in [7, 11) is 2.17. The minimum absolute atomic E-state index is 0.132. The number of hydrogen-bond donors (Lipinski definition) is 1. The fourth-order valence-corrected chi connectivity index (χ4v) is 3.17. The van der Waals surface area contributed by atoms with Gasteiger partial charge in [0.05, 0.1) is 12.3 Å². The molecule has 1 fully saturated rings. The molecule has 0 saturated carbocycles. The van der Waals surface area contributed by atoms with Gasteiger partial charge in [0, 0.05) is 16.3 Å². The Bertz CT molecular complexity index is 719. The summed E-state index contributed by atoms with van der Waals surface area (Å²) in [6, 6.07) is 7.95. The lowest BCUT2D eigenvalue weighted by Crippen LogP contribution is -2.32. The van der Waals surface area contributed by atoms with Crippen LogP contribution in [0, 0.1) is 11.3 Å². The Labute approximate surface area is 144 Å². The SMILES string of the molecule is CN1CCC(COc2ccc3[nH]c(C(=O)C(C)(C)C)cc3c2)CC1. The number of nitrogens with zero attached hydrogens (tertiary/aromatic N) is 1. The maximum absolute atomic E-state index is 12.4. The summed E-state index contributed by atoms with van der Waals surface area (Å²) in [5.41, 5.74) is 1.27. The lowest BCUT2D eigenvalue weighted by Gasteiger charge is -2.28. The van der Waals surface area contributed by atoms with Crippen LogP contribution in [0.4, 0.5) is 0 Å². The van der Waals surface area contributed by atoms with Crippen LogP contribution in [0.1, 0.15) is 44.1 Å². The van der Waals surface area contributed by atoms with Crippen molar-refractivity contribution in [3.63, 3.8) is 0 Å². The molecule has 0 radical (unpaired) electrons. The van der Waals surface area contributed by atoms with E-state index in [9.17, 15) is 4.79 Å². The smallest absolute Gasteiger partial charge is 0.184 e. The summed E-state index contributed by atoms with van der Waals surface area (Å²) in [5.74, 6) is 1.66. The number of nitrogens with one attached hydrogen (secondary N) is 1. The Hall–Kier alpha value is -1.81. The molecular weight excluding hydrogens is 300 g/mol. The molecule has 0 bridgehead atoms. The molecule has 0 amide bonds. The molecule has 0 aliphatic carbocycles. The molecule has 24 heavy (non-hydrogen) atoms. The van der Waals surface area contributed by atoms with Crippen LogP contribution < -0.4 is 4.74 Å². The molecule has 2 aromatic rings. The number of ether oxygens (including phenoxy) is 1. The zero-order valence-electron chi connectivity index (χ0n) is 15.2. The van der Waals surface area contributed by atoms with Gasteiger partial charge in [0.1, 0.15) is 5.75 Å². The first-order valence-electron chi connectivity index (χ1n) is 8.82. The van der Waals surface area contributed by atoms with Crippen molar-refractivity contribution in [2.45, 2.75) is 33.6 Å². The number of Topliss-reactive ketones (excluding diaryl/α,β-unsaturated/α-hetero) is 1. The first-order chi connectivity index (χ1) is 11.3. The van der Waals surface area contributed by atoms with Crippen molar-refractivity contribution >= 4 is 16.7 Å². The van der Waals surface area contributed by atoms with E-state index in [0.29, 0.717) is 11.6 Å². The molecule has 130 valence electrons. The summed E-state index contributed by atoms with van der Waals surface area (Å²) in [4.78, 5) is 18.0. The number of aromatic amines is 1. The Morgan fingerprint density at radius 3 is 2.62 bits per heavy atom. The minimum atomic E-state index is -0.381. The second-order valence-corrected chi connectivity index (χ2v) is 8.07. The van der Waals surface area contributed by atoms with E-state index < -0.39 is 0 Å². The number of hydrogen-bond acceptors (Lipinski definition) is 3. The highest BCUT2D eigenvalue weighted by Gasteiger charge is 2.24. The number of H-pyrrole nitrogens is 1. The zero-order chi connectivity index (χ0) is 17.3. The Kier molecular flexibility index (Phi) is 4.68. The van der Waals surface area contributed by atoms with Crippen molar-refractivity contribution in [2.75, 3.05) is 26.7 Å². The quantitative estimate of drug-likeness (QED) is 0.859. The van der Waals surface area contributed by atoms with E-state index in [1.807, 2.05) is 45.0 Å². The number of likely N-dealkylation sites (tertiary alicyclic amines) is 1. The number of fused-ring (bicyclic) bond motifs is 1. The maximum Gasteiger partial charge on any atom is 0.184 e. The monoisotopic (exact) mass is 328 g/mol. The van der Waals surface area contributed by atoms with Gasteiger partial charge in [-0.2, -0.15) is 0 Å². The third-order valence-corrected chi connectivity index (χ3v) is 4.84. The van der Waals surface area contributed by atoms with Gasteiger partial charge in [-0.1, -0.05) is 20.8 Å². The fourth-order valence-electron chi connectivity index (χ4n) is 3.17. The summed E-state index contributed by atoms with van der Waals surface area (Å²) < 4.78 is 6.01. The molecule has 4 heteroatoms. The van der Waals surface area contributed by atoms with Crippen LogP contribution in [0.5, 0.6) is 5.75 Å². The number of piperidine rings is 1. The third kappa shape index (κ3) is 3.81. The summed E-state index contributed by atoms with van der Waals surface area (Å²) in [6.07, 6.45) is 2.40. The van der Waals surface area contributed by atoms with E-state index >= 15 is 0 Å². The molecule has 0 spiro atoms. The second kappa shape index (κ2) is 6.60. The number of carbonyl (C=O) groups excluding carboxylic acids is 1. The van der Waals surface area contributed by atoms with Gasteiger partial charge in [-0.25, -0.2) is 0 Å². The highest BCUT2D eigenvalue weighted by atomic mass is 16.5. The maximum atomic E-state index is 12.4. The molecule has 1 aromatic carbocycles.